The van der Waals surface area contributed by atoms with Crippen molar-refractivity contribution in [3.8, 4) is 5.75 Å². The molecule has 0 spiro atoms. The predicted molar refractivity (Wildman–Crippen MR) is 78.3 cm³/mol. The van der Waals surface area contributed by atoms with Crippen LogP contribution in [0, 0.1) is 0 Å². The minimum atomic E-state index is -4.75. The van der Waals surface area contributed by atoms with Crippen LogP contribution in [0.25, 0.3) is 0 Å². The molecule has 0 atom stereocenters. The number of rotatable bonds is 4. The van der Waals surface area contributed by atoms with Gasteiger partial charge in [-0.1, -0.05) is 6.07 Å². The maximum atomic E-state index is 12.1. The van der Waals surface area contributed by atoms with E-state index in [-0.39, 0.29) is 36.3 Å². The van der Waals surface area contributed by atoms with E-state index in [1.165, 1.54) is 18.2 Å². The van der Waals surface area contributed by atoms with Gasteiger partial charge in [-0.25, -0.2) is 0 Å². The van der Waals surface area contributed by atoms with Crippen molar-refractivity contribution in [2.75, 3.05) is 38.0 Å². The SMILES string of the molecule is Cl.O=C(CN1CCNCC1)Nc1cccc(OC(F)(F)F)c1. The van der Waals surface area contributed by atoms with Gasteiger partial charge in [0.25, 0.3) is 0 Å². The van der Waals surface area contributed by atoms with Crippen molar-refractivity contribution in [1.29, 1.82) is 0 Å². The third-order valence-electron chi connectivity index (χ3n) is 2.93. The summed E-state index contributed by atoms with van der Waals surface area (Å²) in [5.41, 5.74) is 0.275. The Bertz CT molecular complexity index is 494. The second kappa shape index (κ2) is 8.21. The number of carbonyl (C=O) groups excluding carboxylic acids is 1. The molecule has 0 bridgehead atoms. The summed E-state index contributed by atoms with van der Waals surface area (Å²) in [6.07, 6.45) is -4.75. The highest BCUT2D eigenvalue weighted by Gasteiger charge is 2.31. The number of hydrogen-bond donors (Lipinski definition) is 2. The fourth-order valence-electron chi connectivity index (χ4n) is 2.04. The standard InChI is InChI=1S/C13H16F3N3O2.ClH/c14-13(15,16)21-11-3-1-2-10(8-11)18-12(20)9-19-6-4-17-5-7-19;/h1-3,8,17H,4-7,9H2,(H,18,20);1H. The number of carbonyl (C=O) groups is 1. The van der Waals surface area contributed by atoms with Crippen LogP contribution < -0.4 is 15.4 Å². The summed E-state index contributed by atoms with van der Waals surface area (Å²) in [6, 6.07) is 5.23. The van der Waals surface area contributed by atoms with E-state index in [9.17, 15) is 18.0 Å². The maximum absolute atomic E-state index is 12.1. The number of hydrogen-bond acceptors (Lipinski definition) is 4. The molecule has 0 saturated carbocycles. The first-order chi connectivity index (χ1) is 9.92. The number of ether oxygens (including phenoxy) is 1. The molecule has 0 aliphatic carbocycles. The zero-order valence-corrected chi connectivity index (χ0v) is 12.5. The van der Waals surface area contributed by atoms with Crippen LogP contribution in [-0.2, 0) is 4.79 Å². The summed E-state index contributed by atoms with van der Waals surface area (Å²) in [7, 11) is 0. The van der Waals surface area contributed by atoms with Crippen LogP contribution in [0.1, 0.15) is 0 Å². The first-order valence-electron chi connectivity index (χ1n) is 6.51. The number of alkyl halides is 3. The minimum Gasteiger partial charge on any atom is -0.406 e. The Balaban J connectivity index is 0.00000242. The van der Waals surface area contributed by atoms with Crippen LogP contribution in [0.4, 0.5) is 18.9 Å². The van der Waals surface area contributed by atoms with Crippen LogP contribution >= 0.6 is 12.4 Å². The molecule has 9 heteroatoms. The van der Waals surface area contributed by atoms with Crippen LogP contribution in [0.15, 0.2) is 24.3 Å². The van der Waals surface area contributed by atoms with E-state index in [1.54, 1.807) is 0 Å². The van der Waals surface area contributed by atoms with E-state index in [0.717, 1.165) is 32.2 Å². The Morgan fingerprint density at radius 1 is 1.32 bits per heavy atom. The van der Waals surface area contributed by atoms with Crippen molar-refractivity contribution in [2.45, 2.75) is 6.36 Å². The lowest BCUT2D eigenvalue weighted by molar-refractivity contribution is -0.274. The van der Waals surface area contributed by atoms with Gasteiger partial charge in [-0.05, 0) is 12.1 Å². The summed E-state index contributed by atoms with van der Waals surface area (Å²) in [6.45, 7) is 3.39. The first-order valence-corrected chi connectivity index (χ1v) is 6.51. The van der Waals surface area contributed by atoms with Gasteiger partial charge in [-0.2, -0.15) is 0 Å². The molecular weight excluding hydrogens is 323 g/mol. The van der Waals surface area contributed by atoms with Crippen molar-refractivity contribution in [3.05, 3.63) is 24.3 Å². The summed E-state index contributed by atoms with van der Waals surface area (Å²) in [4.78, 5) is 13.8. The second-order valence-corrected chi connectivity index (χ2v) is 4.65. The highest BCUT2D eigenvalue weighted by atomic mass is 35.5. The van der Waals surface area contributed by atoms with E-state index in [2.05, 4.69) is 15.4 Å². The molecule has 1 amide bonds. The zero-order valence-electron chi connectivity index (χ0n) is 11.7. The monoisotopic (exact) mass is 339 g/mol. The molecule has 1 saturated heterocycles. The quantitative estimate of drug-likeness (QED) is 0.879. The van der Waals surface area contributed by atoms with E-state index >= 15 is 0 Å². The third kappa shape index (κ3) is 6.50. The molecule has 124 valence electrons. The van der Waals surface area contributed by atoms with Gasteiger partial charge in [-0.3, -0.25) is 9.69 Å². The highest BCUT2D eigenvalue weighted by molar-refractivity contribution is 5.92. The van der Waals surface area contributed by atoms with Crippen LogP contribution in [0.3, 0.4) is 0 Å². The molecule has 2 rings (SSSR count). The zero-order chi connectivity index (χ0) is 15.3. The van der Waals surface area contributed by atoms with Gasteiger partial charge >= 0.3 is 6.36 Å². The lowest BCUT2D eigenvalue weighted by atomic mass is 10.3. The third-order valence-corrected chi connectivity index (χ3v) is 2.93. The summed E-state index contributed by atoms with van der Waals surface area (Å²) >= 11 is 0. The van der Waals surface area contributed by atoms with Gasteiger partial charge in [0, 0.05) is 37.9 Å². The van der Waals surface area contributed by atoms with Gasteiger partial charge in [-0.15, -0.1) is 25.6 Å². The van der Waals surface area contributed by atoms with E-state index in [0.29, 0.717) is 0 Å². The molecule has 0 aromatic heterocycles. The molecule has 1 aromatic carbocycles. The number of amides is 1. The van der Waals surface area contributed by atoms with Gasteiger partial charge in [0.1, 0.15) is 5.75 Å². The maximum Gasteiger partial charge on any atom is 0.573 e. The topological polar surface area (TPSA) is 53.6 Å². The van der Waals surface area contributed by atoms with Crippen LogP contribution in [-0.4, -0.2) is 49.9 Å². The molecular formula is C13H17ClF3N3O2. The van der Waals surface area contributed by atoms with Crippen molar-refractivity contribution in [2.24, 2.45) is 0 Å². The minimum absolute atomic E-state index is 0. The van der Waals surface area contributed by atoms with Crippen molar-refractivity contribution in [1.82, 2.24) is 10.2 Å². The summed E-state index contributed by atoms with van der Waals surface area (Å²) < 4.78 is 40.2. The number of benzene rings is 1. The Morgan fingerprint density at radius 2 is 2.00 bits per heavy atom. The number of nitrogens with one attached hydrogen (secondary N) is 2. The smallest absolute Gasteiger partial charge is 0.406 e. The average Bonchev–Trinajstić information content (AvgIpc) is 2.38. The molecule has 5 nitrogen and oxygen atoms in total. The lowest BCUT2D eigenvalue weighted by Crippen LogP contribution is -2.46. The van der Waals surface area contributed by atoms with E-state index in [1.807, 2.05) is 4.90 Å². The largest absolute Gasteiger partial charge is 0.573 e. The fourth-order valence-corrected chi connectivity index (χ4v) is 2.04. The van der Waals surface area contributed by atoms with Crippen LogP contribution in [0.5, 0.6) is 5.75 Å². The summed E-state index contributed by atoms with van der Waals surface area (Å²) in [5, 5.41) is 5.74. The van der Waals surface area contributed by atoms with Crippen molar-refractivity contribution < 1.29 is 22.7 Å². The molecule has 1 heterocycles. The van der Waals surface area contributed by atoms with E-state index in [4.69, 9.17) is 0 Å². The summed E-state index contributed by atoms with van der Waals surface area (Å²) in [5.74, 6) is -0.622. The Hall–Kier alpha value is -1.51. The first kappa shape index (κ1) is 18.5. The predicted octanol–water partition coefficient (Wildman–Crippen LogP) is 1.85. The molecule has 2 N–H and O–H groups in total. The second-order valence-electron chi connectivity index (χ2n) is 4.65. The Labute approximate surface area is 132 Å². The molecule has 1 aliphatic rings. The Morgan fingerprint density at radius 3 is 2.64 bits per heavy atom. The molecule has 22 heavy (non-hydrogen) atoms. The van der Waals surface area contributed by atoms with Crippen molar-refractivity contribution >= 4 is 24.0 Å². The molecule has 1 aromatic rings. The number of halogens is 4. The number of piperazine rings is 1. The normalized spacial score (nSPS) is 15.8. The highest BCUT2D eigenvalue weighted by Crippen LogP contribution is 2.24. The van der Waals surface area contributed by atoms with E-state index < -0.39 is 6.36 Å². The fraction of sp³-hybridized carbons (Fsp3) is 0.462. The van der Waals surface area contributed by atoms with Gasteiger partial charge in [0.05, 0.1) is 6.54 Å². The van der Waals surface area contributed by atoms with Gasteiger partial charge in [0.2, 0.25) is 5.91 Å². The van der Waals surface area contributed by atoms with Crippen molar-refractivity contribution in [3.63, 3.8) is 0 Å². The van der Waals surface area contributed by atoms with Gasteiger partial charge in [0.15, 0.2) is 0 Å². The van der Waals surface area contributed by atoms with Crippen LogP contribution in [0.2, 0.25) is 0 Å². The number of anilines is 1. The Kier molecular flexibility index (Phi) is 6.92. The molecule has 0 unspecified atom stereocenters. The van der Waals surface area contributed by atoms with Gasteiger partial charge < -0.3 is 15.4 Å². The molecule has 0 radical (unpaired) electrons. The average molecular weight is 340 g/mol. The lowest BCUT2D eigenvalue weighted by Gasteiger charge is -2.26. The molecule has 1 aliphatic heterocycles. The molecule has 1 fully saturated rings. The number of nitrogens with zero attached hydrogens (tertiary/aromatic N) is 1.